The van der Waals surface area contributed by atoms with Gasteiger partial charge >= 0.3 is 0 Å². The molecule has 0 aliphatic heterocycles. The molecule has 0 fully saturated rings. The molecule has 0 bridgehead atoms. The number of hydrogen-bond acceptors (Lipinski definition) is 3. The highest BCUT2D eigenvalue weighted by molar-refractivity contribution is 7.92. The van der Waals surface area contributed by atoms with Gasteiger partial charge in [0.2, 0.25) is 0 Å². The number of aliphatic hydroxyl groups excluding tert-OH is 1. The molecule has 7 heteroatoms. The Balaban J connectivity index is 2.26. The molecule has 0 radical (unpaired) electrons. The van der Waals surface area contributed by atoms with Gasteiger partial charge in [0, 0.05) is 17.3 Å². The van der Waals surface area contributed by atoms with E-state index >= 15 is 0 Å². The van der Waals surface area contributed by atoms with Gasteiger partial charge in [-0.2, -0.15) is 0 Å². The Kier molecular flexibility index (Phi) is 5.11. The summed E-state index contributed by atoms with van der Waals surface area (Å²) in [6, 6.07) is 11.0. The minimum atomic E-state index is -3.81. The van der Waals surface area contributed by atoms with Crippen molar-refractivity contribution in [2.45, 2.75) is 11.3 Å². The van der Waals surface area contributed by atoms with Crippen LogP contribution in [0.3, 0.4) is 0 Å². The van der Waals surface area contributed by atoms with Gasteiger partial charge in [0.25, 0.3) is 10.0 Å². The van der Waals surface area contributed by atoms with Gasteiger partial charge in [0.15, 0.2) is 0 Å². The van der Waals surface area contributed by atoms with Crippen LogP contribution in [-0.4, -0.2) is 20.1 Å². The minimum absolute atomic E-state index is 0.0448. The number of anilines is 1. The van der Waals surface area contributed by atoms with Crippen molar-refractivity contribution in [3.63, 3.8) is 0 Å². The standard InChI is InChI=1S/C14H13Cl2NO3S/c15-11-3-6-13(16)14(9-11)21(19,20)17-12-4-1-10(2-5-12)7-8-18/h1-6,9,17-18H,7-8H2. The van der Waals surface area contributed by atoms with Gasteiger partial charge in [-0.25, -0.2) is 8.42 Å². The Morgan fingerprint density at radius 2 is 1.71 bits per heavy atom. The van der Waals surface area contributed by atoms with Crippen LogP contribution >= 0.6 is 23.2 Å². The van der Waals surface area contributed by atoms with Crippen molar-refractivity contribution in [1.29, 1.82) is 0 Å². The highest BCUT2D eigenvalue weighted by Crippen LogP contribution is 2.26. The second-order valence-electron chi connectivity index (χ2n) is 4.35. The third-order valence-corrected chi connectivity index (χ3v) is 4.89. The highest BCUT2D eigenvalue weighted by atomic mass is 35.5. The highest BCUT2D eigenvalue weighted by Gasteiger charge is 2.18. The number of hydrogen-bond donors (Lipinski definition) is 2. The molecule has 0 atom stereocenters. The Bertz CT molecular complexity index is 730. The fourth-order valence-corrected chi connectivity index (χ4v) is 3.58. The average molecular weight is 346 g/mol. The van der Waals surface area contributed by atoms with E-state index < -0.39 is 10.0 Å². The summed E-state index contributed by atoms with van der Waals surface area (Å²) in [5.41, 5.74) is 1.33. The van der Waals surface area contributed by atoms with E-state index in [9.17, 15) is 8.42 Å². The van der Waals surface area contributed by atoms with Gasteiger partial charge in [-0.15, -0.1) is 0 Å². The zero-order valence-electron chi connectivity index (χ0n) is 10.9. The van der Waals surface area contributed by atoms with Gasteiger partial charge in [-0.3, -0.25) is 4.72 Å². The Morgan fingerprint density at radius 3 is 2.33 bits per heavy atom. The van der Waals surface area contributed by atoms with E-state index in [4.69, 9.17) is 28.3 Å². The van der Waals surface area contributed by atoms with Crippen LogP contribution in [0.2, 0.25) is 10.0 Å². The lowest BCUT2D eigenvalue weighted by Gasteiger charge is -2.10. The largest absolute Gasteiger partial charge is 0.396 e. The van der Waals surface area contributed by atoms with Crippen molar-refractivity contribution in [2.75, 3.05) is 11.3 Å². The van der Waals surface area contributed by atoms with Crippen LogP contribution in [0.25, 0.3) is 0 Å². The molecule has 0 spiro atoms. The van der Waals surface area contributed by atoms with Crippen molar-refractivity contribution in [2.24, 2.45) is 0 Å². The molecule has 2 aromatic carbocycles. The molecule has 2 aromatic rings. The quantitative estimate of drug-likeness (QED) is 0.873. The van der Waals surface area contributed by atoms with Gasteiger partial charge in [-0.05, 0) is 42.3 Å². The third kappa shape index (κ3) is 4.11. The summed E-state index contributed by atoms with van der Waals surface area (Å²) < 4.78 is 27.0. The van der Waals surface area contributed by atoms with Gasteiger partial charge < -0.3 is 5.11 Å². The number of sulfonamides is 1. The van der Waals surface area contributed by atoms with Crippen molar-refractivity contribution in [3.05, 3.63) is 58.1 Å². The Morgan fingerprint density at radius 1 is 1.05 bits per heavy atom. The zero-order valence-corrected chi connectivity index (χ0v) is 13.2. The molecular formula is C14H13Cl2NO3S. The summed E-state index contributed by atoms with van der Waals surface area (Å²) in [4.78, 5) is -0.0731. The fraction of sp³-hybridized carbons (Fsp3) is 0.143. The van der Waals surface area contributed by atoms with Crippen molar-refractivity contribution < 1.29 is 13.5 Å². The van der Waals surface area contributed by atoms with E-state index in [2.05, 4.69) is 4.72 Å². The second-order valence-corrected chi connectivity index (χ2v) is 6.85. The number of nitrogens with one attached hydrogen (secondary N) is 1. The lowest BCUT2D eigenvalue weighted by atomic mass is 10.1. The van der Waals surface area contributed by atoms with Crippen LogP contribution in [0, 0.1) is 0 Å². The molecule has 2 N–H and O–H groups in total. The molecular weight excluding hydrogens is 333 g/mol. The second kappa shape index (κ2) is 6.66. The lowest BCUT2D eigenvalue weighted by Crippen LogP contribution is -2.13. The van der Waals surface area contributed by atoms with Crippen molar-refractivity contribution in [3.8, 4) is 0 Å². The predicted octanol–water partition coefficient (Wildman–Crippen LogP) is 3.33. The molecule has 0 saturated heterocycles. The molecule has 112 valence electrons. The summed E-state index contributed by atoms with van der Waals surface area (Å²) in [5.74, 6) is 0. The number of benzene rings is 2. The molecule has 0 aliphatic carbocycles. The summed E-state index contributed by atoms with van der Waals surface area (Å²) in [6.45, 7) is 0.0448. The van der Waals surface area contributed by atoms with E-state index in [1.54, 1.807) is 24.3 Å². The summed E-state index contributed by atoms with van der Waals surface area (Å²) >= 11 is 11.7. The molecule has 0 unspecified atom stereocenters. The summed E-state index contributed by atoms with van der Waals surface area (Å²) in [7, 11) is -3.81. The molecule has 0 amide bonds. The maximum Gasteiger partial charge on any atom is 0.263 e. The minimum Gasteiger partial charge on any atom is -0.396 e. The molecule has 0 aliphatic rings. The van der Waals surface area contributed by atoms with Crippen LogP contribution in [0.1, 0.15) is 5.56 Å². The molecule has 21 heavy (non-hydrogen) atoms. The van der Waals surface area contributed by atoms with Crippen LogP contribution in [-0.2, 0) is 16.4 Å². The first kappa shape index (κ1) is 16.1. The maximum absolute atomic E-state index is 12.3. The molecule has 0 saturated carbocycles. The van der Waals surface area contributed by atoms with Crippen LogP contribution in [0.5, 0.6) is 0 Å². The fourth-order valence-electron chi connectivity index (χ4n) is 1.76. The molecule has 2 rings (SSSR count). The van der Waals surface area contributed by atoms with Crippen LogP contribution < -0.4 is 4.72 Å². The average Bonchev–Trinajstić information content (AvgIpc) is 2.43. The Labute approximate surface area is 133 Å². The van der Waals surface area contributed by atoms with Gasteiger partial charge in [0.1, 0.15) is 4.90 Å². The lowest BCUT2D eigenvalue weighted by molar-refractivity contribution is 0.299. The third-order valence-electron chi connectivity index (χ3n) is 2.79. The van der Waals surface area contributed by atoms with Crippen LogP contribution in [0.4, 0.5) is 5.69 Å². The van der Waals surface area contributed by atoms with Gasteiger partial charge in [-0.1, -0.05) is 35.3 Å². The van der Waals surface area contributed by atoms with Crippen molar-refractivity contribution in [1.82, 2.24) is 0 Å². The van der Waals surface area contributed by atoms with E-state index in [1.165, 1.54) is 18.2 Å². The predicted molar refractivity (Wildman–Crippen MR) is 84.5 cm³/mol. The molecule has 0 aromatic heterocycles. The first-order valence-corrected chi connectivity index (χ1v) is 8.34. The normalized spacial score (nSPS) is 11.4. The Hall–Kier alpha value is -1.27. The number of aliphatic hydroxyl groups is 1. The topological polar surface area (TPSA) is 66.4 Å². The zero-order chi connectivity index (χ0) is 15.5. The number of halogens is 2. The number of rotatable bonds is 5. The van der Waals surface area contributed by atoms with E-state index in [0.717, 1.165) is 5.56 Å². The summed E-state index contributed by atoms with van der Waals surface area (Å²) in [6.07, 6.45) is 0.521. The van der Waals surface area contributed by atoms with E-state index in [1.807, 2.05) is 0 Å². The maximum atomic E-state index is 12.3. The van der Waals surface area contributed by atoms with E-state index in [0.29, 0.717) is 12.1 Å². The molecule has 4 nitrogen and oxygen atoms in total. The first-order valence-electron chi connectivity index (χ1n) is 6.10. The van der Waals surface area contributed by atoms with E-state index in [-0.39, 0.29) is 21.5 Å². The monoisotopic (exact) mass is 345 g/mol. The first-order chi connectivity index (χ1) is 9.92. The smallest absolute Gasteiger partial charge is 0.263 e. The van der Waals surface area contributed by atoms with Gasteiger partial charge in [0.05, 0.1) is 5.02 Å². The SMILES string of the molecule is O=S(=O)(Nc1ccc(CCO)cc1)c1cc(Cl)ccc1Cl. The molecule has 0 heterocycles. The summed E-state index contributed by atoms with van der Waals surface area (Å²) in [5, 5.41) is 9.23. The van der Waals surface area contributed by atoms with Crippen molar-refractivity contribution >= 4 is 38.9 Å². The van der Waals surface area contributed by atoms with Crippen LogP contribution in [0.15, 0.2) is 47.4 Å².